The van der Waals surface area contributed by atoms with Crippen LogP contribution < -0.4 is 24.8 Å². The summed E-state index contributed by atoms with van der Waals surface area (Å²) < 4.78 is 17.3. The van der Waals surface area contributed by atoms with Crippen molar-refractivity contribution in [3.8, 4) is 17.2 Å². The molecule has 2 fully saturated rings. The second kappa shape index (κ2) is 15.9. The number of hydrogen-bond donors (Lipinski definition) is 2. The van der Waals surface area contributed by atoms with Gasteiger partial charge in [-0.15, -0.1) is 0 Å². The van der Waals surface area contributed by atoms with Crippen molar-refractivity contribution in [3.63, 3.8) is 0 Å². The Balaban J connectivity index is 0.000000187. The van der Waals surface area contributed by atoms with E-state index in [2.05, 4.69) is 64.0 Å². The molecule has 2 aromatic heterocycles. The van der Waals surface area contributed by atoms with Crippen LogP contribution in [0.25, 0.3) is 21.8 Å². The van der Waals surface area contributed by atoms with E-state index >= 15 is 0 Å². The van der Waals surface area contributed by atoms with E-state index in [4.69, 9.17) is 19.2 Å². The van der Waals surface area contributed by atoms with Gasteiger partial charge in [0.05, 0.1) is 36.1 Å². The number of likely N-dealkylation sites (tertiary alicyclic amines) is 1. The summed E-state index contributed by atoms with van der Waals surface area (Å²) in [6.45, 7) is 8.82. The summed E-state index contributed by atoms with van der Waals surface area (Å²) in [4.78, 5) is 27.5. The summed E-state index contributed by atoms with van der Waals surface area (Å²) in [5, 5.41) is 9.33. The molecule has 5 heterocycles. The van der Waals surface area contributed by atoms with Crippen LogP contribution in [0.3, 0.4) is 0 Å². The molecule has 0 spiro atoms. The Morgan fingerprint density at radius 1 is 0.942 bits per heavy atom. The number of pyridine rings is 2. The van der Waals surface area contributed by atoms with Crippen LogP contribution in [-0.2, 0) is 13.1 Å². The summed E-state index contributed by atoms with van der Waals surface area (Å²) in [6, 6.07) is 29.0. The lowest BCUT2D eigenvalue weighted by Crippen LogP contribution is -2.40. The lowest BCUT2D eigenvalue weighted by molar-refractivity contribution is -0.0439. The van der Waals surface area contributed by atoms with E-state index in [1.54, 1.807) is 19.2 Å². The molecule has 5 aromatic rings. The number of amides is 1. The van der Waals surface area contributed by atoms with Crippen molar-refractivity contribution in [3.05, 3.63) is 102 Å². The zero-order chi connectivity index (χ0) is 36.1. The second-order valence-corrected chi connectivity index (χ2v) is 14.5. The number of carbonyl (C=O) groups excluding carboxylic acids is 1. The smallest absolute Gasteiger partial charge is 0.254 e. The van der Waals surface area contributed by atoms with Crippen LogP contribution in [0, 0.1) is 0 Å². The van der Waals surface area contributed by atoms with E-state index in [9.17, 15) is 4.79 Å². The molecule has 0 bridgehead atoms. The predicted octanol–water partition coefficient (Wildman–Crippen LogP) is 6.56. The highest BCUT2D eigenvalue weighted by Gasteiger charge is 2.36. The van der Waals surface area contributed by atoms with Crippen LogP contribution in [0.5, 0.6) is 17.2 Å². The van der Waals surface area contributed by atoms with Crippen LogP contribution in [-0.4, -0.2) is 83.9 Å². The number of aromatic nitrogens is 2. The molecule has 0 radical (unpaired) electrons. The molecule has 2 N–H and O–H groups in total. The monoisotopic (exact) mass is 702 g/mol. The normalized spacial score (nSPS) is 19.1. The molecular formula is C42H50N6O4. The van der Waals surface area contributed by atoms with E-state index in [1.807, 2.05) is 55.1 Å². The molecule has 272 valence electrons. The number of ether oxygens (including phenoxy) is 3. The molecule has 3 aliphatic rings. The molecule has 2 atom stereocenters. The summed E-state index contributed by atoms with van der Waals surface area (Å²) in [5.41, 5.74) is 4.49. The average Bonchev–Trinajstić information content (AvgIpc) is 3.90. The number of methoxy groups -OCH3 is 1. The van der Waals surface area contributed by atoms with Crippen molar-refractivity contribution in [2.75, 3.05) is 40.3 Å². The number of nitrogens with one attached hydrogen (secondary N) is 2. The maximum Gasteiger partial charge on any atom is 0.254 e. The van der Waals surface area contributed by atoms with Gasteiger partial charge in [-0.3, -0.25) is 14.8 Å². The van der Waals surface area contributed by atoms with Gasteiger partial charge in [-0.2, -0.15) is 0 Å². The van der Waals surface area contributed by atoms with Crippen molar-refractivity contribution in [1.82, 2.24) is 30.4 Å². The first-order chi connectivity index (χ1) is 25.2. The summed E-state index contributed by atoms with van der Waals surface area (Å²) >= 11 is 0. The largest absolute Gasteiger partial charge is 0.493 e. The molecule has 1 amide bonds. The van der Waals surface area contributed by atoms with Gasteiger partial charge in [0.25, 0.3) is 5.91 Å². The standard InChI is InChI=1S/C26H29N3O4.C16H21N3/c1-26(2)32-23-14-18(13-22(31-3)24(23)33-26)25(30)29(15-19-8-6-12-27-19)16-20-11-10-17-7-4-5-9-21(17)28-20;1-19-10-4-6-15(19)12-17-11-14-9-8-13-5-2-3-7-16(13)18-14/h4-5,7,9-11,13-14,19,27H,6,8,12,15-16H2,1-3H3;2-3,5,7-9,15,17H,4,6,10-12H2,1H3/t19-;15-/m00/s1. The highest BCUT2D eigenvalue weighted by molar-refractivity contribution is 5.96. The Morgan fingerprint density at radius 3 is 2.33 bits per heavy atom. The second-order valence-electron chi connectivity index (χ2n) is 14.5. The molecule has 3 aliphatic heterocycles. The van der Waals surface area contributed by atoms with Crippen molar-refractivity contribution >= 4 is 27.7 Å². The maximum atomic E-state index is 13.7. The number of hydrogen-bond acceptors (Lipinski definition) is 9. The molecule has 0 unspecified atom stereocenters. The first-order valence-corrected chi connectivity index (χ1v) is 18.5. The van der Waals surface area contributed by atoms with Gasteiger partial charge in [-0.05, 0) is 82.2 Å². The van der Waals surface area contributed by atoms with Crippen LogP contribution in [0.4, 0.5) is 0 Å². The number of likely N-dealkylation sites (N-methyl/N-ethyl adjacent to an activating group) is 1. The van der Waals surface area contributed by atoms with Crippen molar-refractivity contribution in [2.24, 2.45) is 0 Å². The number of para-hydroxylation sites is 2. The number of benzene rings is 3. The fourth-order valence-corrected chi connectivity index (χ4v) is 7.34. The Kier molecular flexibility index (Phi) is 10.9. The first kappa shape index (κ1) is 35.6. The van der Waals surface area contributed by atoms with Crippen LogP contribution >= 0.6 is 0 Å². The molecule has 2 saturated heterocycles. The highest BCUT2D eigenvalue weighted by atomic mass is 16.7. The first-order valence-electron chi connectivity index (χ1n) is 18.5. The van der Waals surface area contributed by atoms with Gasteiger partial charge in [0, 0.05) is 61.9 Å². The molecule has 0 saturated carbocycles. The minimum Gasteiger partial charge on any atom is -0.493 e. The van der Waals surface area contributed by atoms with Gasteiger partial charge >= 0.3 is 0 Å². The van der Waals surface area contributed by atoms with E-state index in [0.29, 0.717) is 41.9 Å². The Labute approximate surface area is 306 Å². The third-order valence-electron chi connectivity index (χ3n) is 10.1. The third kappa shape index (κ3) is 8.47. The predicted molar refractivity (Wildman–Crippen MR) is 205 cm³/mol. The molecule has 52 heavy (non-hydrogen) atoms. The lowest BCUT2D eigenvalue weighted by Gasteiger charge is -2.26. The molecular weight excluding hydrogens is 653 g/mol. The molecule has 0 aliphatic carbocycles. The van der Waals surface area contributed by atoms with Gasteiger partial charge in [0.15, 0.2) is 11.5 Å². The Bertz CT molecular complexity index is 2010. The topological polar surface area (TPSA) is 101 Å². The molecule has 10 heteroatoms. The van der Waals surface area contributed by atoms with E-state index in [0.717, 1.165) is 60.3 Å². The SMILES string of the molecule is CN1CCC[C@H]1CNCc1ccc2ccccc2n1.COc1cc(C(=O)N(Cc2ccc3ccccc3n2)C[C@@H]2CCCN2)cc2c1OC(C)(C)O2. The summed E-state index contributed by atoms with van der Waals surface area (Å²) in [5.74, 6) is 0.640. The third-order valence-corrected chi connectivity index (χ3v) is 10.1. The lowest BCUT2D eigenvalue weighted by atomic mass is 10.1. The van der Waals surface area contributed by atoms with Gasteiger partial charge < -0.3 is 34.6 Å². The minimum absolute atomic E-state index is 0.0898. The van der Waals surface area contributed by atoms with Gasteiger partial charge in [0.2, 0.25) is 11.5 Å². The molecule has 8 rings (SSSR count). The van der Waals surface area contributed by atoms with Crippen molar-refractivity contribution < 1.29 is 19.0 Å². The highest BCUT2D eigenvalue weighted by Crippen LogP contribution is 2.47. The average molecular weight is 703 g/mol. The number of nitrogens with zero attached hydrogens (tertiary/aromatic N) is 4. The number of carbonyl (C=O) groups is 1. The van der Waals surface area contributed by atoms with Crippen molar-refractivity contribution in [2.45, 2.75) is 70.5 Å². The minimum atomic E-state index is -0.806. The van der Waals surface area contributed by atoms with Gasteiger partial charge in [0.1, 0.15) is 0 Å². The van der Waals surface area contributed by atoms with Crippen LogP contribution in [0.1, 0.15) is 61.3 Å². The fourth-order valence-electron chi connectivity index (χ4n) is 7.34. The molecule has 10 nitrogen and oxygen atoms in total. The van der Waals surface area contributed by atoms with E-state index < -0.39 is 5.79 Å². The zero-order valence-electron chi connectivity index (χ0n) is 30.7. The summed E-state index contributed by atoms with van der Waals surface area (Å²) in [6.07, 6.45) is 4.81. The number of rotatable bonds is 10. The number of fused-ring (bicyclic) bond motifs is 3. The van der Waals surface area contributed by atoms with Crippen molar-refractivity contribution in [1.29, 1.82) is 0 Å². The molecule has 3 aromatic carbocycles. The quantitative estimate of drug-likeness (QED) is 0.168. The van der Waals surface area contributed by atoms with Crippen LogP contribution in [0.15, 0.2) is 84.9 Å². The fraction of sp³-hybridized carbons (Fsp3) is 0.405. The van der Waals surface area contributed by atoms with Gasteiger partial charge in [-0.25, -0.2) is 0 Å². The summed E-state index contributed by atoms with van der Waals surface area (Å²) in [7, 11) is 3.78. The zero-order valence-corrected chi connectivity index (χ0v) is 30.7. The van der Waals surface area contributed by atoms with Gasteiger partial charge in [-0.1, -0.05) is 48.5 Å². The Morgan fingerprint density at radius 2 is 1.65 bits per heavy atom. The van der Waals surface area contributed by atoms with E-state index in [1.165, 1.54) is 24.8 Å². The maximum absolute atomic E-state index is 13.7. The Hall–Kier alpha value is -4.77. The van der Waals surface area contributed by atoms with Crippen LogP contribution in [0.2, 0.25) is 0 Å². The van der Waals surface area contributed by atoms with E-state index in [-0.39, 0.29) is 11.9 Å².